The number of benzene rings is 1. The predicted molar refractivity (Wildman–Crippen MR) is 78.7 cm³/mol. The fourth-order valence-electron chi connectivity index (χ4n) is 2.17. The predicted octanol–water partition coefficient (Wildman–Crippen LogP) is 2.28. The number of pyridine rings is 1. The third-order valence-electron chi connectivity index (χ3n) is 3.27. The molecule has 2 aromatic rings. The van der Waals surface area contributed by atoms with E-state index in [1.54, 1.807) is 4.57 Å². The molecule has 0 aliphatic heterocycles. The number of aromatic nitrogens is 1. The second-order valence-electron chi connectivity index (χ2n) is 4.87. The molecule has 0 saturated heterocycles. The number of rotatable bonds is 6. The molecule has 110 valence electrons. The monoisotopic (exact) mass is 287 g/mol. The van der Waals surface area contributed by atoms with E-state index in [0.29, 0.717) is 6.54 Å². The lowest BCUT2D eigenvalue weighted by Crippen LogP contribution is -2.17. The van der Waals surface area contributed by atoms with Crippen LogP contribution in [0.4, 0.5) is 0 Å². The average molecular weight is 287 g/mol. The van der Waals surface area contributed by atoms with Gasteiger partial charge >= 0.3 is 5.97 Å². The third kappa shape index (κ3) is 3.95. The van der Waals surface area contributed by atoms with Crippen molar-refractivity contribution in [2.45, 2.75) is 25.8 Å². The molecule has 5 heteroatoms. The quantitative estimate of drug-likeness (QED) is 0.799. The number of carboxylic acid groups (broad SMARTS) is 1. The standard InChI is InChI=1S/C16H17NO4/c18-14-11-17(10-13(15(14)19)16(20)21)9-5-4-8-12-6-2-1-3-7-12/h1-3,6-7,10-11,18H,4-5,8-9H2,(H,20,21). The first-order valence-corrected chi connectivity index (χ1v) is 6.78. The van der Waals surface area contributed by atoms with Gasteiger partial charge in [-0.1, -0.05) is 30.3 Å². The number of hydrogen-bond donors (Lipinski definition) is 2. The van der Waals surface area contributed by atoms with Gasteiger partial charge < -0.3 is 14.8 Å². The number of aromatic carboxylic acids is 1. The Bertz CT molecular complexity index is 676. The third-order valence-corrected chi connectivity index (χ3v) is 3.27. The summed E-state index contributed by atoms with van der Waals surface area (Å²) in [6.07, 6.45) is 5.26. The van der Waals surface area contributed by atoms with Crippen LogP contribution in [0.5, 0.6) is 5.75 Å². The van der Waals surface area contributed by atoms with Gasteiger partial charge in [-0.05, 0) is 24.8 Å². The number of carboxylic acids is 1. The Morgan fingerprint density at radius 1 is 1.10 bits per heavy atom. The van der Waals surface area contributed by atoms with Gasteiger partial charge in [0.1, 0.15) is 5.56 Å². The number of hydrogen-bond acceptors (Lipinski definition) is 3. The van der Waals surface area contributed by atoms with Gasteiger partial charge in [-0.25, -0.2) is 4.79 Å². The van der Waals surface area contributed by atoms with Crippen LogP contribution in [0, 0.1) is 0 Å². The van der Waals surface area contributed by atoms with Crippen LogP contribution in [0.15, 0.2) is 47.5 Å². The molecule has 5 nitrogen and oxygen atoms in total. The summed E-state index contributed by atoms with van der Waals surface area (Å²) in [5.41, 5.74) is 0.00701. The number of carbonyl (C=O) groups is 1. The van der Waals surface area contributed by atoms with Crippen molar-refractivity contribution in [2.75, 3.05) is 0 Å². The van der Waals surface area contributed by atoms with E-state index in [0.717, 1.165) is 19.3 Å². The molecular weight excluding hydrogens is 270 g/mol. The van der Waals surface area contributed by atoms with Crippen LogP contribution in [0.2, 0.25) is 0 Å². The van der Waals surface area contributed by atoms with Gasteiger partial charge in [0, 0.05) is 18.9 Å². The molecule has 21 heavy (non-hydrogen) atoms. The zero-order valence-electron chi connectivity index (χ0n) is 11.5. The van der Waals surface area contributed by atoms with E-state index in [2.05, 4.69) is 12.1 Å². The highest BCUT2D eigenvalue weighted by Crippen LogP contribution is 2.08. The van der Waals surface area contributed by atoms with Gasteiger partial charge in [0.05, 0.1) is 0 Å². The van der Waals surface area contributed by atoms with Crippen LogP contribution in [-0.4, -0.2) is 20.7 Å². The van der Waals surface area contributed by atoms with E-state index < -0.39 is 22.7 Å². The van der Waals surface area contributed by atoms with Crippen LogP contribution in [0.25, 0.3) is 0 Å². The molecule has 0 spiro atoms. The fourth-order valence-corrected chi connectivity index (χ4v) is 2.17. The molecule has 2 N–H and O–H groups in total. The fraction of sp³-hybridized carbons (Fsp3) is 0.250. The lowest BCUT2D eigenvalue weighted by atomic mass is 10.1. The van der Waals surface area contributed by atoms with Gasteiger partial charge in [0.2, 0.25) is 5.43 Å². The van der Waals surface area contributed by atoms with Crippen LogP contribution < -0.4 is 5.43 Å². The van der Waals surface area contributed by atoms with E-state index in [-0.39, 0.29) is 0 Å². The molecule has 2 rings (SSSR count). The maximum Gasteiger partial charge on any atom is 0.341 e. The van der Waals surface area contributed by atoms with E-state index in [4.69, 9.17) is 5.11 Å². The summed E-state index contributed by atoms with van der Waals surface area (Å²) < 4.78 is 1.55. The van der Waals surface area contributed by atoms with Crippen molar-refractivity contribution in [3.8, 4) is 5.75 Å². The average Bonchev–Trinajstić information content (AvgIpc) is 2.47. The maximum absolute atomic E-state index is 11.4. The molecule has 0 saturated carbocycles. The molecule has 0 unspecified atom stereocenters. The zero-order chi connectivity index (χ0) is 15.2. The van der Waals surface area contributed by atoms with E-state index >= 15 is 0 Å². The van der Waals surface area contributed by atoms with Gasteiger partial charge in [-0.3, -0.25) is 4.79 Å². The summed E-state index contributed by atoms with van der Waals surface area (Å²) in [7, 11) is 0. The Morgan fingerprint density at radius 3 is 2.48 bits per heavy atom. The number of unbranched alkanes of at least 4 members (excludes halogenated alkanes) is 1. The molecular formula is C16H17NO4. The Kier molecular flexibility index (Phi) is 4.77. The Morgan fingerprint density at radius 2 is 1.81 bits per heavy atom. The first kappa shape index (κ1) is 14.8. The summed E-state index contributed by atoms with van der Waals surface area (Å²) in [5.74, 6) is -1.85. The van der Waals surface area contributed by atoms with Crippen molar-refractivity contribution in [1.82, 2.24) is 4.57 Å². The Balaban J connectivity index is 1.94. The molecule has 0 amide bonds. The summed E-state index contributed by atoms with van der Waals surface area (Å²) in [6, 6.07) is 10.1. The summed E-state index contributed by atoms with van der Waals surface area (Å²) in [4.78, 5) is 22.3. The molecule has 0 fully saturated rings. The second kappa shape index (κ2) is 6.74. The van der Waals surface area contributed by atoms with Crippen LogP contribution in [-0.2, 0) is 13.0 Å². The van der Waals surface area contributed by atoms with Crippen molar-refractivity contribution in [2.24, 2.45) is 0 Å². The summed E-state index contributed by atoms with van der Waals surface area (Å²) >= 11 is 0. The lowest BCUT2D eigenvalue weighted by Gasteiger charge is -2.08. The van der Waals surface area contributed by atoms with Crippen LogP contribution in [0.1, 0.15) is 28.8 Å². The summed E-state index contributed by atoms with van der Waals surface area (Å²) in [5, 5.41) is 18.4. The normalized spacial score (nSPS) is 10.5. The van der Waals surface area contributed by atoms with E-state index in [1.807, 2.05) is 18.2 Å². The minimum absolute atomic E-state index is 0.405. The lowest BCUT2D eigenvalue weighted by molar-refractivity contribution is 0.0693. The van der Waals surface area contributed by atoms with Crippen LogP contribution in [0.3, 0.4) is 0 Å². The molecule has 1 heterocycles. The van der Waals surface area contributed by atoms with Crippen molar-refractivity contribution in [1.29, 1.82) is 0 Å². The van der Waals surface area contributed by atoms with E-state index in [9.17, 15) is 14.7 Å². The highest BCUT2D eigenvalue weighted by atomic mass is 16.4. The molecule has 1 aromatic carbocycles. The van der Waals surface area contributed by atoms with Gasteiger partial charge in [-0.15, -0.1) is 0 Å². The SMILES string of the molecule is O=C(O)c1cn(CCCCc2ccccc2)cc(O)c1=O. The number of aromatic hydroxyl groups is 1. The van der Waals surface area contributed by atoms with Crippen molar-refractivity contribution >= 4 is 5.97 Å². The molecule has 0 aliphatic carbocycles. The largest absolute Gasteiger partial charge is 0.503 e. The van der Waals surface area contributed by atoms with Crippen LogP contribution >= 0.6 is 0 Å². The van der Waals surface area contributed by atoms with Gasteiger partial charge in [0.15, 0.2) is 5.75 Å². The van der Waals surface area contributed by atoms with Gasteiger partial charge in [0.25, 0.3) is 0 Å². The maximum atomic E-state index is 11.4. The molecule has 0 atom stereocenters. The molecule has 0 aliphatic rings. The number of aryl methyl sites for hydroxylation is 2. The molecule has 1 aromatic heterocycles. The van der Waals surface area contributed by atoms with E-state index in [1.165, 1.54) is 18.0 Å². The second-order valence-corrected chi connectivity index (χ2v) is 4.87. The minimum atomic E-state index is -1.33. The molecule has 0 radical (unpaired) electrons. The van der Waals surface area contributed by atoms with Gasteiger partial charge in [-0.2, -0.15) is 0 Å². The first-order chi connectivity index (χ1) is 10.1. The summed E-state index contributed by atoms with van der Waals surface area (Å²) in [6.45, 7) is 0.557. The highest BCUT2D eigenvalue weighted by molar-refractivity contribution is 5.87. The van der Waals surface area contributed by atoms with Crippen molar-refractivity contribution < 1.29 is 15.0 Å². The minimum Gasteiger partial charge on any atom is -0.503 e. The number of nitrogens with zero attached hydrogens (tertiary/aromatic N) is 1. The van der Waals surface area contributed by atoms with Crippen molar-refractivity contribution in [3.05, 3.63) is 64.1 Å². The topological polar surface area (TPSA) is 79.5 Å². The smallest absolute Gasteiger partial charge is 0.341 e. The zero-order valence-corrected chi connectivity index (χ0v) is 11.5. The van der Waals surface area contributed by atoms with Crippen molar-refractivity contribution in [3.63, 3.8) is 0 Å². The Hall–Kier alpha value is -2.56. The highest BCUT2D eigenvalue weighted by Gasteiger charge is 2.12. The Labute approximate surface area is 122 Å². The molecule has 0 bridgehead atoms. The first-order valence-electron chi connectivity index (χ1n) is 6.78.